The highest BCUT2D eigenvalue weighted by Gasteiger charge is 2.18. The van der Waals surface area contributed by atoms with Gasteiger partial charge in [-0.1, -0.05) is 6.58 Å². The van der Waals surface area contributed by atoms with Crippen molar-refractivity contribution in [1.29, 1.82) is 0 Å². The Morgan fingerprint density at radius 1 is 1.15 bits per heavy atom. The third-order valence-electron chi connectivity index (χ3n) is 2.14. The molecule has 112 valence electrons. The molecular weight excluding hydrogens is 268 g/mol. The Labute approximate surface area is 115 Å². The van der Waals surface area contributed by atoms with Crippen LogP contribution >= 0.6 is 0 Å². The van der Waals surface area contributed by atoms with Gasteiger partial charge in [-0.25, -0.2) is 0 Å². The van der Waals surface area contributed by atoms with Crippen LogP contribution < -0.4 is 21.3 Å². The Morgan fingerprint density at radius 3 is 2.25 bits per heavy atom. The number of amides is 4. The van der Waals surface area contributed by atoms with Crippen LogP contribution in [0.3, 0.4) is 0 Å². The molecule has 9 heteroatoms. The maximum Gasteiger partial charge on any atom is 0.244 e. The predicted octanol–water partition coefficient (Wildman–Crippen LogP) is -3.37. The van der Waals surface area contributed by atoms with E-state index in [1.807, 2.05) is 0 Å². The molecule has 0 saturated carbocycles. The highest BCUT2D eigenvalue weighted by molar-refractivity contribution is 5.93. The van der Waals surface area contributed by atoms with Gasteiger partial charge >= 0.3 is 0 Å². The molecule has 0 radical (unpaired) electrons. The normalized spacial score (nSPS) is 10.9. The van der Waals surface area contributed by atoms with Crippen molar-refractivity contribution in [2.75, 3.05) is 26.7 Å². The number of rotatable bonds is 8. The molecule has 5 N–H and O–H groups in total. The molecule has 0 aliphatic heterocycles. The average molecular weight is 286 g/mol. The summed E-state index contributed by atoms with van der Waals surface area (Å²) in [4.78, 5) is 44.6. The maximum atomic E-state index is 11.4. The van der Waals surface area contributed by atoms with Crippen molar-refractivity contribution in [2.24, 2.45) is 0 Å². The molecular formula is C11H18N4O5. The van der Waals surface area contributed by atoms with Crippen molar-refractivity contribution in [3.63, 3.8) is 0 Å². The molecule has 0 aromatic carbocycles. The van der Waals surface area contributed by atoms with Gasteiger partial charge in [0.05, 0.1) is 19.7 Å². The minimum Gasteiger partial charge on any atom is -0.394 e. The molecule has 0 heterocycles. The third kappa shape index (κ3) is 7.11. The molecule has 4 amide bonds. The van der Waals surface area contributed by atoms with Gasteiger partial charge in [0.25, 0.3) is 0 Å². The summed E-state index contributed by atoms with van der Waals surface area (Å²) in [5.74, 6) is -2.28. The van der Waals surface area contributed by atoms with Gasteiger partial charge in [-0.3, -0.25) is 19.2 Å². The zero-order valence-corrected chi connectivity index (χ0v) is 11.1. The molecule has 9 nitrogen and oxygen atoms in total. The van der Waals surface area contributed by atoms with Crippen LogP contribution in [-0.2, 0) is 19.2 Å². The van der Waals surface area contributed by atoms with E-state index >= 15 is 0 Å². The molecule has 0 aliphatic rings. The fourth-order valence-electron chi connectivity index (χ4n) is 1.09. The lowest BCUT2D eigenvalue weighted by Crippen LogP contribution is -2.51. The average Bonchev–Trinajstić information content (AvgIpc) is 2.46. The molecule has 0 unspecified atom stereocenters. The molecule has 0 aromatic rings. The van der Waals surface area contributed by atoms with E-state index in [0.717, 1.165) is 6.08 Å². The third-order valence-corrected chi connectivity index (χ3v) is 2.14. The van der Waals surface area contributed by atoms with Crippen LogP contribution in [-0.4, -0.2) is 61.5 Å². The van der Waals surface area contributed by atoms with Gasteiger partial charge in [0.2, 0.25) is 23.6 Å². The Morgan fingerprint density at radius 2 is 1.75 bits per heavy atom. The number of carbonyl (C=O) groups is 4. The van der Waals surface area contributed by atoms with Crippen molar-refractivity contribution >= 4 is 23.6 Å². The lowest BCUT2D eigenvalue weighted by Gasteiger charge is -2.14. The van der Waals surface area contributed by atoms with Crippen molar-refractivity contribution in [3.05, 3.63) is 12.7 Å². The Bertz CT molecular complexity index is 396. The van der Waals surface area contributed by atoms with Gasteiger partial charge in [-0.05, 0) is 6.08 Å². The number of hydrogen-bond donors (Lipinski definition) is 5. The minimum atomic E-state index is -1.08. The van der Waals surface area contributed by atoms with Crippen LogP contribution in [0.1, 0.15) is 0 Å². The SMILES string of the molecule is C=CC(=O)NCC(=O)NCC(=O)N[C@@H](CO)C(=O)NC. The summed E-state index contributed by atoms with van der Waals surface area (Å²) in [5.41, 5.74) is 0. The summed E-state index contributed by atoms with van der Waals surface area (Å²) in [5, 5.41) is 17.9. The van der Waals surface area contributed by atoms with E-state index in [2.05, 4.69) is 27.8 Å². The van der Waals surface area contributed by atoms with Crippen LogP contribution in [0.25, 0.3) is 0 Å². The van der Waals surface area contributed by atoms with Gasteiger partial charge in [-0.15, -0.1) is 0 Å². The number of hydrogen-bond acceptors (Lipinski definition) is 5. The van der Waals surface area contributed by atoms with Gasteiger partial charge < -0.3 is 26.4 Å². The second-order valence-electron chi connectivity index (χ2n) is 3.62. The van der Waals surface area contributed by atoms with E-state index in [9.17, 15) is 19.2 Å². The Hall–Kier alpha value is -2.42. The molecule has 0 aromatic heterocycles. The number of aliphatic hydroxyl groups is 1. The molecule has 0 saturated heterocycles. The van der Waals surface area contributed by atoms with E-state index in [0.29, 0.717) is 0 Å². The Balaban J connectivity index is 4.03. The van der Waals surface area contributed by atoms with E-state index in [1.54, 1.807) is 0 Å². The summed E-state index contributed by atoms with van der Waals surface area (Å²) in [6, 6.07) is -1.08. The molecule has 0 fully saturated rings. The van der Waals surface area contributed by atoms with Crippen molar-refractivity contribution in [3.8, 4) is 0 Å². The van der Waals surface area contributed by atoms with Crippen LogP contribution in [0, 0.1) is 0 Å². The topological polar surface area (TPSA) is 137 Å². The largest absolute Gasteiger partial charge is 0.394 e. The van der Waals surface area contributed by atoms with Crippen LogP contribution in [0.15, 0.2) is 12.7 Å². The smallest absolute Gasteiger partial charge is 0.244 e. The first kappa shape index (κ1) is 17.6. The zero-order valence-electron chi connectivity index (χ0n) is 11.1. The predicted molar refractivity (Wildman–Crippen MR) is 69.3 cm³/mol. The maximum absolute atomic E-state index is 11.4. The molecule has 20 heavy (non-hydrogen) atoms. The zero-order chi connectivity index (χ0) is 15.5. The molecule has 1 atom stereocenters. The monoisotopic (exact) mass is 286 g/mol. The lowest BCUT2D eigenvalue weighted by atomic mass is 10.3. The van der Waals surface area contributed by atoms with Crippen LogP contribution in [0.2, 0.25) is 0 Å². The molecule has 0 bridgehead atoms. The van der Waals surface area contributed by atoms with Gasteiger partial charge in [0.1, 0.15) is 6.04 Å². The molecule has 0 rings (SSSR count). The first-order chi connectivity index (χ1) is 9.44. The van der Waals surface area contributed by atoms with Gasteiger partial charge in [0.15, 0.2) is 0 Å². The van der Waals surface area contributed by atoms with Crippen molar-refractivity contribution < 1.29 is 24.3 Å². The molecule has 0 spiro atoms. The summed E-state index contributed by atoms with van der Waals surface area (Å²) in [6.45, 7) is 1.98. The number of likely N-dealkylation sites (N-methyl/N-ethyl adjacent to an activating group) is 1. The van der Waals surface area contributed by atoms with Gasteiger partial charge in [-0.2, -0.15) is 0 Å². The standard InChI is InChI=1S/C11H18N4O5/c1-3-8(17)13-4-9(18)14-5-10(19)15-7(6-16)11(20)12-2/h3,7,16H,1,4-6H2,2H3,(H,12,20)(H,13,17)(H,14,18)(H,15,19)/t7-/m0/s1. The minimum absolute atomic E-state index is 0.295. The highest BCUT2D eigenvalue weighted by Crippen LogP contribution is 1.82. The second-order valence-corrected chi connectivity index (χ2v) is 3.62. The summed E-state index contributed by atoms with van der Waals surface area (Å²) in [6.07, 6.45) is 1.01. The summed E-state index contributed by atoms with van der Waals surface area (Å²) < 4.78 is 0. The second kappa shape index (κ2) is 9.50. The van der Waals surface area contributed by atoms with Gasteiger partial charge in [0, 0.05) is 7.05 Å². The first-order valence-electron chi connectivity index (χ1n) is 5.73. The molecule has 0 aliphatic carbocycles. The number of carbonyl (C=O) groups excluding carboxylic acids is 4. The number of nitrogens with one attached hydrogen (secondary N) is 4. The fourth-order valence-corrected chi connectivity index (χ4v) is 1.09. The summed E-state index contributed by atoms with van der Waals surface area (Å²) in [7, 11) is 1.36. The van der Waals surface area contributed by atoms with Crippen LogP contribution in [0.4, 0.5) is 0 Å². The quantitative estimate of drug-likeness (QED) is 0.297. The fraction of sp³-hybridized carbons (Fsp3) is 0.455. The van der Waals surface area contributed by atoms with Crippen LogP contribution in [0.5, 0.6) is 0 Å². The highest BCUT2D eigenvalue weighted by atomic mass is 16.3. The Kier molecular flexibility index (Phi) is 8.35. The first-order valence-corrected chi connectivity index (χ1v) is 5.73. The van der Waals surface area contributed by atoms with E-state index < -0.39 is 36.3 Å². The van der Waals surface area contributed by atoms with Crippen molar-refractivity contribution in [1.82, 2.24) is 21.3 Å². The lowest BCUT2D eigenvalue weighted by molar-refractivity contribution is -0.130. The number of aliphatic hydroxyl groups excluding tert-OH is 1. The van der Waals surface area contributed by atoms with E-state index in [-0.39, 0.29) is 13.1 Å². The van der Waals surface area contributed by atoms with E-state index in [1.165, 1.54) is 7.05 Å². The summed E-state index contributed by atoms with van der Waals surface area (Å²) >= 11 is 0. The van der Waals surface area contributed by atoms with Crippen molar-refractivity contribution in [2.45, 2.75) is 6.04 Å². The van der Waals surface area contributed by atoms with E-state index in [4.69, 9.17) is 5.11 Å².